The Hall–Kier alpha value is -1.59. The number of aromatic nitrogens is 1. The number of amides is 1. The van der Waals surface area contributed by atoms with Gasteiger partial charge in [0.05, 0.1) is 24.2 Å². The predicted molar refractivity (Wildman–Crippen MR) is 87.9 cm³/mol. The van der Waals surface area contributed by atoms with Crippen LogP contribution in [0.2, 0.25) is 10.0 Å². The summed E-state index contributed by atoms with van der Waals surface area (Å²) in [6.07, 6.45) is -0.479. The number of H-pyrrole nitrogens is 1. The lowest BCUT2D eigenvalue weighted by molar-refractivity contribution is 0.0523. The van der Waals surface area contributed by atoms with Gasteiger partial charge in [-0.25, -0.2) is 4.79 Å². The van der Waals surface area contributed by atoms with Crippen molar-refractivity contribution in [3.05, 3.63) is 27.9 Å². The number of carbonyl (C=O) groups excluding carboxylic acids is 1. The van der Waals surface area contributed by atoms with Crippen molar-refractivity contribution in [2.24, 2.45) is 0 Å². The van der Waals surface area contributed by atoms with Gasteiger partial charge in [0.1, 0.15) is 10.6 Å². The molecule has 7 heteroatoms. The zero-order chi connectivity index (χ0) is 16.5. The number of benzene rings is 1. The van der Waals surface area contributed by atoms with E-state index in [4.69, 9.17) is 32.7 Å². The Bertz CT molecular complexity index is 705. The number of ether oxygens (including phenoxy) is 2. The molecular formula is C15H18Cl2N2O3. The molecule has 120 valence electrons. The second-order valence-corrected chi connectivity index (χ2v) is 6.61. The lowest BCUT2D eigenvalue weighted by atomic mass is 10.2. The molecule has 1 aromatic heterocycles. The molecule has 1 amide bonds. The second-order valence-electron chi connectivity index (χ2n) is 5.82. The number of methoxy groups -OCH3 is 1. The Morgan fingerprint density at radius 2 is 2.00 bits per heavy atom. The number of fused-ring (bicyclic) bond motifs is 1. The van der Waals surface area contributed by atoms with Crippen LogP contribution in [0, 0.1) is 0 Å². The first-order valence-electron chi connectivity index (χ1n) is 6.71. The van der Waals surface area contributed by atoms with E-state index in [9.17, 15) is 4.79 Å². The third-order valence-corrected chi connectivity index (χ3v) is 3.49. The van der Waals surface area contributed by atoms with Crippen LogP contribution in [-0.4, -0.2) is 23.8 Å². The maximum absolute atomic E-state index is 11.7. The van der Waals surface area contributed by atoms with Gasteiger partial charge in [0.25, 0.3) is 0 Å². The van der Waals surface area contributed by atoms with Gasteiger partial charge in [-0.15, -0.1) is 0 Å². The van der Waals surface area contributed by atoms with Crippen molar-refractivity contribution in [2.75, 3.05) is 7.11 Å². The van der Waals surface area contributed by atoms with Gasteiger partial charge in [0, 0.05) is 11.1 Å². The van der Waals surface area contributed by atoms with Crippen LogP contribution in [-0.2, 0) is 11.3 Å². The maximum Gasteiger partial charge on any atom is 0.407 e. The molecule has 0 aliphatic rings. The number of aromatic amines is 1. The second kappa shape index (κ2) is 6.26. The number of nitrogens with one attached hydrogen (secondary N) is 2. The summed E-state index contributed by atoms with van der Waals surface area (Å²) in [5.74, 6) is 0.421. The van der Waals surface area contributed by atoms with Gasteiger partial charge in [-0.05, 0) is 32.9 Å². The molecule has 1 heterocycles. The average molecular weight is 345 g/mol. The molecule has 0 aliphatic carbocycles. The van der Waals surface area contributed by atoms with Gasteiger partial charge in [-0.3, -0.25) is 0 Å². The lowest BCUT2D eigenvalue weighted by Crippen LogP contribution is -2.32. The molecule has 0 radical (unpaired) electrons. The fourth-order valence-corrected chi connectivity index (χ4v) is 2.68. The molecule has 22 heavy (non-hydrogen) atoms. The number of rotatable bonds is 3. The van der Waals surface area contributed by atoms with E-state index in [1.807, 2.05) is 26.8 Å². The van der Waals surface area contributed by atoms with Gasteiger partial charge in [0.15, 0.2) is 5.75 Å². The SMILES string of the molecule is COc1c(Cl)cc2cc(CNC(=O)OC(C)(C)C)[nH]c2c1Cl. The number of alkyl carbamates (subject to hydrolysis) is 1. The Labute approximate surface area is 138 Å². The van der Waals surface area contributed by atoms with Crippen molar-refractivity contribution in [1.82, 2.24) is 10.3 Å². The molecule has 0 bridgehead atoms. The Morgan fingerprint density at radius 3 is 2.59 bits per heavy atom. The number of halogens is 2. The van der Waals surface area contributed by atoms with Gasteiger partial charge in [0.2, 0.25) is 0 Å². The van der Waals surface area contributed by atoms with Crippen LogP contribution in [0.15, 0.2) is 12.1 Å². The van der Waals surface area contributed by atoms with Crippen LogP contribution in [0.25, 0.3) is 10.9 Å². The van der Waals surface area contributed by atoms with Crippen LogP contribution >= 0.6 is 23.2 Å². The summed E-state index contributed by atoms with van der Waals surface area (Å²) in [6, 6.07) is 3.62. The highest BCUT2D eigenvalue weighted by molar-refractivity contribution is 6.40. The van der Waals surface area contributed by atoms with Crippen molar-refractivity contribution < 1.29 is 14.3 Å². The molecule has 0 atom stereocenters. The third kappa shape index (κ3) is 3.78. The number of hydrogen-bond acceptors (Lipinski definition) is 3. The first kappa shape index (κ1) is 16.8. The van der Waals surface area contributed by atoms with Crippen LogP contribution in [0.4, 0.5) is 4.79 Å². The minimum atomic E-state index is -0.533. The van der Waals surface area contributed by atoms with Gasteiger partial charge >= 0.3 is 6.09 Å². The Balaban J connectivity index is 2.17. The summed E-state index contributed by atoms with van der Waals surface area (Å²) in [7, 11) is 1.51. The van der Waals surface area contributed by atoms with E-state index in [1.54, 1.807) is 6.07 Å². The molecular weight excluding hydrogens is 327 g/mol. The Kier molecular flexibility index (Phi) is 4.78. The fourth-order valence-electron chi connectivity index (χ4n) is 2.01. The monoisotopic (exact) mass is 344 g/mol. The summed E-state index contributed by atoms with van der Waals surface area (Å²) in [5.41, 5.74) is 0.963. The normalized spacial score (nSPS) is 11.5. The molecule has 0 fully saturated rings. The molecule has 0 unspecified atom stereocenters. The van der Waals surface area contributed by atoms with Gasteiger partial charge in [-0.1, -0.05) is 23.2 Å². The first-order chi connectivity index (χ1) is 10.2. The summed E-state index contributed by atoms with van der Waals surface area (Å²) in [6.45, 7) is 5.72. The van der Waals surface area contributed by atoms with Crippen LogP contribution in [0.3, 0.4) is 0 Å². The molecule has 2 rings (SSSR count). The molecule has 2 aromatic rings. The van der Waals surface area contributed by atoms with Crippen LogP contribution in [0.5, 0.6) is 5.75 Å². The van der Waals surface area contributed by atoms with Crippen molar-refractivity contribution >= 4 is 40.2 Å². The minimum Gasteiger partial charge on any atom is -0.494 e. The summed E-state index contributed by atoms with van der Waals surface area (Å²) in [5, 5.41) is 4.37. The van der Waals surface area contributed by atoms with E-state index < -0.39 is 11.7 Å². The topological polar surface area (TPSA) is 63.4 Å². The lowest BCUT2D eigenvalue weighted by Gasteiger charge is -2.19. The molecule has 0 saturated carbocycles. The molecule has 1 aromatic carbocycles. The third-order valence-electron chi connectivity index (χ3n) is 2.85. The standard InChI is InChI=1S/C15H18Cl2N2O3/c1-15(2,3)22-14(20)18-7-9-5-8-6-10(16)13(21-4)11(17)12(8)19-9/h5-6,19H,7H2,1-4H3,(H,18,20). The van der Waals surface area contributed by atoms with Gasteiger partial charge < -0.3 is 19.8 Å². The zero-order valence-electron chi connectivity index (χ0n) is 12.8. The van der Waals surface area contributed by atoms with Crippen LogP contribution in [0.1, 0.15) is 26.5 Å². The highest BCUT2D eigenvalue weighted by atomic mass is 35.5. The first-order valence-corrected chi connectivity index (χ1v) is 7.47. The highest BCUT2D eigenvalue weighted by Gasteiger charge is 2.17. The smallest absolute Gasteiger partial charge is 0.407 e. The fraction of sp³-hybridized carbons (Fsp3) is 0.400. The van der Waals surface area contributed by atoms with Crippen molar-refractivity contribution in [2.45, 2.75) is 32.9 Å². The molecule has 0 saturated heterocycles. The Morgan fingerprint density at radius 1 is 1.32 bits per heavy atom. The van der Waals surface area contributed by atoms with Crippen molar-refractivity contribution in [1.29, 1.82) is 0 Å². The van der Waals surface area contributed by atoms with E-state index in [0.29, 0.717) is 27.9 Å². The summed E-state index contributed by atoms with van der Waals surface area (Å²) in [4.78, 5) is 14.8. The van der Waals surface area contributed by atoms with Crippen LogP contribution < -0.4 is 10.1 Å². The van der Waals surface area contributed by atoms with E-state index in [2.05, 4.69) is 10.3 Å². The van der Waals surface area contributed by atoms with E-state index in [0.717, 1.165) is 11.1 Å². The number of hydrogen-bond donors (Lipinski definition) is 2. The predicted octanol–water partition coefficient (Wildman–Crippen LogP) is 4.51. The summed E-state index contributed by atoms with van der Waals surface area (Å²) < 4.78 is 10.4. The molecule has 0 aliphatic heterocycles. The largest absolute Gasteiger partial charge is 0.494 e. The molecule has 5 nitrogen and oxygen atoms in total. The van der Waals surface area contributed by atoms with Crippen molar-refractivity contribution in [3.8, 4) is 5.75 Å². The molecule has 0 spiro atoms. The summed E-state index contributed by atoms with van der Waals surface area (Å²) >= 11 is 12.4. The van der Waals surface area contributed by atoms with Gasteiger partial charge in [-0.2, -0.15) is 0 Å². The van der Waals surface area contributed by atoms with E-state index in [-0.39, 0.29) is 0 Å². The average Bonchev–Trinajstić information content (AvgIpc) is 2.78. The zero-order valence-corrected chi connectivity index (χ0v) is 14.4. The minimum absolute atomic E-state index is 0.292. The molecule has 2 N–H and O–H groups in total. The quantitative estimate of drug-likeness (QED) is 0.860. The van der Waals surface area contributed by atoms with E-state index in [1.165, 1.54) is 7.11 Å². The van der Waals surface area contributed by atoms with Crippen molar-refractivity contribution in [3.63, 3.8) is 0 Å². The number of carbonyl (C=O) groups is 1. The van der Waals surface area contributed by atoms with E-state index >= 15 is 0 Å². The maximum atomic E-state index is 11.7. The highest BCUT2D eigenvalue weighted by Crippen LogP contribution is 2.38.